The molecule has 7 heteroatoms. The molecule has 0 bridgehead atoms. The summed E-state index contributed by atoms with van der Waals surface area (Å²) in [6.45, 7) is 17.4. The highest BCUT2D eigenvalue weighted by atomic mass is 15.1. The van der Waals surface area contributed by atoms with E-state index < -0.39 is 0 Å². The minimum absolute atomic E-state index is 0.145. The van der Waals surface area contributed by atoms with E-state index in [9.17, 15) is 0 Å². The van der Waals surface area contributed by atoms with E-state index in [1.54, 1.807) is 0 Å². The van der Waals surface area contributed by atoms with Crippen LogP contribution in [0.5, 0.6) is 0 Å². The number of hydrogen-bond acceptors (Lipinski definition) is 5. The number of aromatic nitrogens is 7. The molecule has 0 aliphatic rings. The summed E-state index contributed by atoms with van der Waals surface area (Å²) in [6, 6.07) is 62.0. The Morgan fingerprint density at radius 2 is 0.829 bits per heavy atom. The number of hydrogen-bond donors (Lipinski definition) is 0. The summed E-state index contributed by atoms with van der Waals surface area (Å²) in [7, 11) is 0. The van der Waals surface area contributed by atoms with Gasteiger partial charge in [0, 0.05) is 51.3 Å². The van der Waals surface area contributed by atoms with Gasteiger partial charge in [-0.1, -0.05) is 175 Å². The predicted octanol–water partition coefficient (Wildman–Crippen LogP) is 16.6. The van der Waals surface area contributed by atoms with E-state index in [1.165, 1.54) is 55.6 Å². The molecule has 5 aromatic heterocycles. The molecular weight excluding hydrogens is 927 g/mol. The molecule has 0 spiro atoms. The normalized spacial score (nSPS) is 12.2. The van der Waals surface area contributed by atoms with Crippen molar-refractivity contribution in [3.05, 3.63) is 234 Å². The Labute approximate surface area is 446 Å². The number of benzene rings is 7. The van der Waals surface area contributed by atoms with Crippen molar-refractivity contribution >= 4 is 33.1 Å². The molecule has 0 fully saturated rings. The third-order valence-electron chi connectivity index (χ3n) is 14.8. The first-order valence-electron chi connectivity index (χ1n) is 26.7. The number of imidazole rings is 2. The Bertz CT molecular complexity index is 3970. The quantitative estimate of drug-likeness (QED) is 0.129. The van der Waals surface area contributed by atoms with Crippen LogP contribution in [0.2, 0.25) is 0 Å². The van der Waals surface area contributed by atoms with E-state index in [0.29, 0.717) is 0 Å². The Morgan fingerprint density at radius 1 is 0.368 bits per heavy atom. The van der Waals surface area contributed by atoms with Gasteiger partial charge in [-0.3, -0.25) is 13.8 Å². The molecule has 0 N–H and O–H groups in total. The van der Waals surface area contributed by atoms with Crippen molar-refractivity contribution in [1.29, 1.82) is 0 Å². The summed E-state index contributed by atoms with van der Waals surface area (Å²) in [6.07, 6.45) is 9.78. The second kappa shape index (κ2) is 19.3. The van der Waals surface area contributed by atoms with Gasteiger partial charge in [0.25, 0.3) is 0 Å². The third-order valence-corrected chi connectivity index (χ3v) is 14.8. The van der Waals surface area contributed by atoms with Crippen LogP contribution in [0.1, 0.15) is 86.8 Å². The van der Waals surface area contributed by atoms with Crippen LogP contribution in [0.15, 0.2) is 188 Å². The fourth-order valence-corrected chi connectivity index (χ4v) is 11.0. The van der Waals surface area contributed by atoms with E-state index in [-0.39, 0.29) is 10.8 Å². The van der Waals surface area contributed by atoms with Gasteiger partial charge in [-0.05, 0) is 137 Å². The molecule has 7 aromatic carbocycles. The van der Waals surface area contributed by atoms with Crippen LogP contribution in [-0.2, 0) is 36.5 Å². The summed E-state index contributed by atoms with van der Waals surface area (Å²) >= 11 is 0. The van der Waals surface area contributed by atoms with Crippen LogP contribution in [0.3, 0.4) is 0 Å². The molecule has 0 unspecified atom stereocenters. The molecule has 7 nitrogen and oxygen atoms in total. The van der Waals surface area contributed by atoms with Gasteiger partial charge in [0.2, 0.25) is 0 Å². The zero-order valence-corrected chi connectivity index (χ0v) is 44.9. The predicted molar refractivity (Wildman–Crippen MR) is 314 cm³/mol. The van der Waals surface area contributed by atoms with Crippen molar-refractivity contribution in [2.75, 3.05) is 0 Å². The fourth-order valence-electron chi connectivity index (χ4n) is 11.0. The first kappa shape index (κ1) is 48.4. The topological polar surface area (TPSA) is 73.3 Å². The molecule has 0 amide bonds. The standard InChI is InChI=1S/C69H63N7/c1-44-42-75-64(71-44)59-32-25-46(38-62(59)73-66(75)68(3,4)5)21-23-48-35-49(24-22-47-26-33-60-63(39-47)74-67(69(6,7)8)76-43-45(2)72-65(60)76)37-56(36-48)58-20-13-12-19-57(58)55-31-34-61(70-41-55)54-18-14-17-53(40-54)52-29-27-51(28-30-52)50-15-10-9-11-16-50/h9-20,25-43H,21-24H2,1-8H3. The Morgan fingerprint density at radius 3 is 1.36 bits per heavy atom. The maximum Gasteiger partial charge on any atom is 0.147 e. The Balaban J connectivity index is 0.866. The maximum atomic E-state index is 5.27. The minimum atomic E-state index is -0.145. The van der Waals surface area contributed by atoms with Crippen LogP contribution in [-0.4, -0.2) is 33.7 Å². The maximum absolute atomic E-state index is 5.27. The van der Waals surface area contributed by atoms with Crippen molar-refractivity contribution in [2.24, 2.45) is 0 Å². The number of aryl methyl sites for hydroxylation is 6. The van der Waals surface area contributed by atoms with E-state index >= 15 is 0 Å². The van der Waals surface area contributed by atoms with Crippen molar-refractivity contribution in [1.82, 2.24) is 33.7 Å². The van der Waals surface area contributed by atoms with Gasteiger partial charge in [0.1, 0.15) is 22.9 Å². The SMILES string of the molecule is Cc1cn2c(C(C)(C)C)nc3cc(CCc4cc(CCc5ccc6c(c5)nc(C(C)(C)C)n5cc(C)nc65)cc(-c5ccccc5-c5ccc(-c6cccc(-c7ccc(-c8ccccc8)cc7)c6)nc5)c4)ccc3c2n1. The molecule has 0 aliphatic carbocycles. The molecule has 12 rings (SSSR count). The smallest absolute Gasteiger partial charge is 0.147 e. The van der Waals surface area contributed by atoms with Gasteiger partial charge in [-0.25, -0.2) is 19.9 Å². The Hall–Kier alpha value is -8.55. The lowest BCUT2D eigenvalue weighted by molar-refractivity contribution is 0.539. The number of pyridine rings is 1. The number of rotatable bonds is 11. The van der Waals surface area contributed by atoms with Gasteiger partial charge in [0.15, 0.2) is 0 Å². The molecule has 76 heavy (non-hydrogen) atoms. The summed E-state index contributed by atoms with van der Waals surface area (Å²) in [5.74, 6) is 2.04. The number of nitrogens with zero attached hydrogens (tertiary/aromatic N) is 7. The zero-order chi connectivity index (χ0) is 52.3. The molecule has 0 saturated carbocycles. The molecule has 0 radical (unpaired) electrons. The number of fused-ring (bicyclic) bond motifs is 6. The largest absolute Gasteiger partial charge is 0.287 e. The van der Waals surface area contributed by atoms with E-state index in [2.05, 4.69) is 246 Å². The van der Waals surface area contributed by atoms with Crippen molar-refractivity contribution < 1.29 is 0 Å². The Kier molecular flexibility index (Phi) is 12.3. The van der Waals surface area contributed by atoms with Gasteiger partial charge in [-0.2, -0.15) is 0 Å². The lowest BCUT2D eigenvalue weighted by Crippen LogP contribution is -2.18. The minimum Gasteiger partial charge on any atom is -0.287 e. The van der Waals surface area contributed by atoms with Crippen LogP contribution in [0, 0.1) is 13.8 Å². The third kappa shape index (κ3) is 9.58. The summed E-state index contributed by atoms with van der Waals surface area (Å²) < 4.78 is 4.35. The highest BCUT2D eigenvalue weighted by molar-refractivity contribution is 5.93. The van der Waals surface area contributed by atoms with E-state index in [1.807, 2.05) is 6.20 Å². The molecule has 374 valence electrons. The lowest BCUT2D eigenvalue weighted by atomic mass is 9.90. The van der Waals surface area contributed by atoms with Crippen molar-refractivity contribution in [2.45, 2.75) is 91.9 Å². The highest BCUT2D eigenvalue weighted by Gasteiger charge is 2.24. The van der Waals surface area contributed by atoms with E-state index in [4.69, 9.17) is 24.9 Å². The van der Waals surface area contributed by atoms with Crippen LogP contribution in [0.25, 0.3) is 88.9 Å². The fraction of sp³-hybridized carbons (Fsp3) is 0.203. The average molecular weight is 990 g/mol. The summed E-state index contributed by atoms with van der Waals surface area (Å²) in [5, 5.41) is 2.16. The van der Waals surface area contributed by atoms with Crippen LogP contribution in [0.4, 0.5) is 0 Å². The van der Waals surface area contributed by atoms with Gasteiger partial charge < -0.3 is 0 Å². The van der Waals surface area contributed by atoms with Gasteiger partial charge >= 0.3 is 0 Å². The van der Waals surface area contributed by atoms with E-state index in [0.717, 1.165) is 104 Å². The van der Waals surface area contributed by atoms with Crippen LogP contribution < -0.4 is 0 Å². The second-order valence-electron chi connectivity index (χ2n) is 22.8. The average Bonchev–Trinajstić information content (AvgIpc) is 4.04. The van der Waals surface area contributed by atoms with Gasteiger partial charge in [0.05, 0.1) is 28.1 Å². The second-order valence-corrected chi connectivity index (χ2v) is 22.8. The van der Waals surface area contributed by atoms with Crippen molar-refractivity contribution in [3.8, 4) is 55.8 Å². The molecule has 5 heterocycles. The highest BCUT2D eigenvalue weighted by Crippen LogP contribution is 2.36. The van der Waals surface area contributed by atoms with Gasteiger partial charge in [-0.15, -0.1) is 0 Å². The molecule has 0 saturated heterocycles. The van der Waals surface area contributed by atoms with Crippen LogP contribution >= 0.6 is 0 Å². The lowest BCUT2D eigenvalue weighted by Gasteiger charge is -2.20. The first-order valence-corrected chi connectivity index (χ1v) is 26.7. The summed E-state index contributed by atoms with van der Waals surface area (Å²) in [4.78, 5) is 25.6. The molecular formula is C69H63N7. The first-order chi connectivity index (χ1) is 36.7. The monoisotopic (exact) mass is 990 g/mol. The molecule has 0 aliphatic heterocycles. The zero-order valence-electron chi connectivity index (χ0n) is 44.9. The summed E-state index contributed by atoms with van der Waals surface area (Å²) in [5.41, 5.74) is 22.2. The van der Waals surface area contributed by atoms with Crippen molar-refractivity contribution in [3.63, 3.8) is 0 Å². The molecule has 12 aromatic rings. The molecule has 0 atom stereocenters.